The van der Waals surface area contributed by atoms with Crippen LogP contribution in [-0.2, 0) is 0 Å². The number of nitrogens with two attached hydrogens (primary N) is 2. The summed E-state index contributed by atoms with van der Waals surface area (Å²) < 4.78 is 5.03. The molecule has 7 nitrogen and oxygen atoms in total. The molecular weight excluding hydrogens is 280 g/mol. The van der Waals surface area contributed by atoms with E-state index in [1.807, 2.05) is 24.3 Å². The third-order valence-corrected chi connectivity index (χ3v) is 3.43. The minimum Gasteiger partial charge on any atom is -0.461 e. The Hall–Kier alpha value is -3.03. The Morgan fingerprint density at radius 1 is 1.09 bits per heavy atom. The number of hydrogen-bond acceptors (Lipinski definition) is 6. The van der Waals surface area contributed by atoms with E-state index in [0.29, 0.717) is 28.8 Å². The molecule has 1 aromatic carbocycles. The topological polar surface area (TPSA) is 102 Å². The summed E-state index contributed by atoms with van der Waals surface area (Å²) >= 11 is 0. The van der Waals surface area contributed by atoms with E-state index in [1.54, 1.807) is 30.8 Å². The highest BCUT2D eigenvalue weighted by molar-refractivity contribution is 6.32. The van der Waals surface area contributed by atoms with Gasteiger partial charge in [-0.25, -0.2) is 4.99 Å². The number of quaternary nitrogens is 1. The standard InChI is InChI=1S/C15H13N6O/c16-11-5-3-10(4-6-11)12-9-21(17)14(8-18-12)19-15(20-21)13-2-1-7-22-13/h1-9H,16-17H2/q+1. The Morgan fingerprint density at radius 3 is 2.64 bits per heavy atom. The van der Waals surface area contributed by atoms with Crippen LogP contribution in [0.1, 0.15) is 11.3 Å². The first-order valence-electron chi connectivity index (χ1n) is 6.68. The van der Waals surface area contributed by atoms with Gasteiger partial charge in [-0.2, -0.15) is 4.99 Å². The maximum absolute atomic E-state index is 6.30. The highest BCUT2D eigenvalue weighted by Crippen LogP contribution is 2.26. The lowest BCUT2D eigenvalue weighted by Gasteiger charge is -2.19. The molecule has 108 valence electrons. The second-order valence-electron chi connectivity index (χ2n) is 5.00. The van der Waals surface area contributed by atoms with E-state index in [2.05, 4.69) is 15.1 Å². The lowest BCUT2D eigenvalue weighted by Crippen LogP contribution is -2.50. The molecule has 0 saturated heterocycles. The van der Waals surface area contributed by atoms with Gasteiger partial charge in [0.05, 0.1) is 6.26 Å². The van der Waals surface area contributed by atoms with Crippen LogP contribution in [0.5, 0.6) is 0 Å². The average Bonchev–Trinajstić information content (AvgIpc) is 3.13. The molecule has 4 N–H and O–H groups in total. The summed E-state index contributed by atoms with van der Waals surface area (Å²) in [6.07, 6.45) is 4.92. The van der Waals surface area contributed by atoms with Crippen molar-refractivity contribution in [3.63, 3.8) is 0 Å². The van der Waals surface area contributed by atoms with E-state index in [9.17, 15) is 0 Å². The van der Waals surface area contributed by atoms with Gasteiger partial charge in [-0.3, -0.25) is 0 Å². The van der Waals surface area contributed by atoms with E-state index >= 15 is 0 Å². The van der Waals surface area contributed by atoms with Crippen molar-refractivity contribution in [1.29, 1.82) is 0 Å². The number of rotatable bonds is 2. The van der Waals surface area contributed by atoms with Crippen LogP contribution in [0, 0.1) is 0 Å². The van der Waals surface area contributed by atoms with Gasteiger partial charge in [-0.05, 0) is 34.1 Å². The number of nitrogen functional groups attached to an aromatic ring is 1. The van der Waals surface area contributed by atoms with Crippen LogP contribution in [0.2, 0.25) is 0 Å². The van der Waals surface area contributed by atoms with Gasteiger partial charge in [0.1, 0.15) is 11.9 Å². The normalized spacial score (nSPS) is 22.9. The summed E-state index contributed by atoms with van der Waals surface area (Å²) in [5.41, 5.74) is 8.02. The van der Waals surface area contributed by atoms with Crippen molar-refractivity contribution in [1.82, 2.24) is 0 Å². The minimum absolute atomic E-state index is 0.279. The van der Waals surface area contributed by atoms with E-state index in [4.69, 9.17) is 16.0 Å². The van der Waals surface area contributed by atoms with Crippen LogP contribution in [0.25, 0.3) is 5.70 Å². The molecule has 0 aliphatic carbocycles. The number of fused-ring (bicyclic) bond motifs is 1. The molecule has 7 heteroatoms. The Kier molecular flexibility index (Phi) is 2.59. The summed E-state index contributed by atoms with van der Waals surface area (Å²) in [6, 6.07) is 11.0. The molecule has 0 bridgehead atoms. The number of hydrogen-bond donors (Lipinski definition) is 2. The second kappa shape index (κ2) is 4.48. The molecule has 2 aliphatic heterocycles. The smallest absolute Gasteiger partial charge is 0.300 e. The fourth-order valence-electron chi connectivity index (χ4n) is 2.30. The molecule has 1 atom stereocenters. The second-order valence-corrected chi connectivity index (χ2v) is 5.00. The molecule has 1 unspecified atom stereocenters. The fraction of sp³-hybridized carbons (Fsp3) is 0. The van der Waals surface area contributed by atoms with Crippen LogP contribution in [0.15, 0.2) is 68.4 Å². The summed E-state index contributed by atoms with van der Waals surface area (Å²) in [4.78, 5) is 8.77. The lowest BCUT2D eigenvalue weighted by molar-refractivity contribution is -0.802. The molecular formula is C15H13N6O+. The molecule has 3 heterocycles. The van der Waals surface area contributed by atoms with Gasteiger partial charge in [0.15, 0.2) is 12.0 Å². The largest absolute Gasteiger partial charge is 0.461 e. The Labute approximate surface area is 126 Å². The van der Waals surface area contributed by atoms with Crippen molar-refractivity contribution >= 4 is 29.3 Å². The third-order valence-electron chi connectivity index (χ3n) is 3.43. The van der Waals surface area contributed by atoms with Crippen LogP contribution in [0.3, 0.4) is 0 Å². The molecule has 22 heavy (non-hydrogen) atoms. The van der Waals surface area contributed by atoms with E-state index in [0.717, 1.165) is 5.56 Å². The maximum Gasteiger partial charge on any atom is 0.300 e. The minimum atomic E-state index is -0.279. The van der Waals surface area contributed by atoms with Crippen LogP contribution in [0.4, 0.5) is 5.69 Å². The summed E-state index contributed by atoms with van der Waals surface area (Å²) in [5.74, 6) is 7.85. The van der Waals surface area contributed by atoms with Crippen molar-refractivity contribution in [3.8, 4) is 0 Å². The van der Waals surface area contributed by atoms with Crippen LogP contribution >= 0.6 is 0 Å². The van der Waals surface area contributed by atoms with Gasteiger partial charge in [-0.15, -0.1) is 5.84 Å². The van der Waals surface area contributed by atoms with Gasteiger partial charge in [0, 0.05) is 11.3 Å². The van der Waals surface area contributed by atoms with Gasteiger partial charge in [0.2, 0.25) is 0 Å². The molecule has 0 fully saturated rings. The molecule has 0 saturated carbocycles. The predicted octanol–water partition coefficient (Wildman–Crippen LogP) is 1.71. The van der Waals surface area contributed by atoms with Gasteiger partial charge in [-0.1, -0.05) is 12.1 Å². The SMILES string of the molecule is Nc1ccc(C2=C[N+]3(N)N=C(c4ccco4)N=C3C=N2)cc1. The number of amidine groups is 2. The predicted molar refractivity (Wildman–Crippen MR) is 84.5 cm³/mol. The van der Waals surface area contributed by atoms with Crippen molar-refractivity contribution in [2.45, 2.75) is 0 Å². The number of benzene rings is 1. The zero-order chi connectivity index (χ0) is 15.2. The molecule has 0 radical (unpaired) electrons. The Morgan fingerprint density at radius 2 is 1.91 bits per heavy atom. The number of anilines is 1. The van der Waals surface area contributed by atoms with E-state index in [-0.39, 0.29) is 4.70 Å². The van der Waals surface area contributed by atoms with Crippen molar-refractivity contribution in [2.24, 2.45) is 20.9 Å². The van der Waals surface area contributed by atoms with Crippen LogP contribution < -0.4 is 11.6 Å². The highest BCUT2D eigenvalue weighted by Gasteiger charge is 2.40. The zero-order valence-corrected chi connectivity index (χ0v) is 11.5. The van der Waals surface area contributed by atoms with Crippen molar-refractivity contribution in [3.05, 3.63) is 60.2 Å². The summed E-state index contributed by atoms with van der Waals surface area (Å²) in [6.45, 7) is 0. The van der Waals surface area contributed by atoms with Crippen molar-refractivity contribution < 1.29 is 9.12 Å². The molecule has 0 amide bonds. The average molecular weight is 293 g/mol. The van der Waals surface area contributed by atoms with Crippen molar-refractivity contribution in [2.75, 3.05) is 5.73 Å². The van der Waals surface area contributed by atoms with Gasteiger partial charge >= 0.3 is 0 Å². The Bertz CT molecular complexity index is 845. The highest BCUT2D eigenvalue weighted by atomic mass is 16.3. The summed E-state index contributed by atoms with van der Waals surface area (Å²) in [5, 5.41) is 4.42. The quantitative estimate of drug-likeness (QED) is 0.500. The fourth-order valence-corrected chi connectivity index (χ4v) is 2.30. The lowest BCUT2D eigenvalue weighted by atomic mass is 10.1. The molecule has 0 spiro atoms. The maximum atomic E-state index is 6.30. The number of aliphatic imine (C=N–C) groups is 2. The number of nitrogens with zero attached hydrogens (tertiary/aromatic N) is 4. The molecule has 2 aromatic rings. The molecule has 1 aromatic heterocycles. The number of furan rings is 1. The van der Waals surface area contributed by atoms with Gasteiger partial charge < -0.3 is 10.2 Å². The summed E-state index contributed by atoms with van der Waals surface area (Å²) in [7, 11) is 0. The third kappa shape index (κ3) is 1.96. The first-order valence-corrected chi connectivity index (χ1v) is 6.68. The van der Waals surface area contributed by atoms with Crippen LogP contribution in [-0.4, -0.2) is 22.6 Å². The van der Waals surface area contributed by atoms with E-state index < -0.39 is 0 Å². The monoisotopic (exact) mass is 293 g/mol. The first-order chi connectivity index (χ1) is 10.6. The zero-order valence-electron chi connectivity index (χ0n) is 11.5. The molecule has 2 aliphatic rings. The first kappa shape index (κ1) is 12.7. The van der Waals surface area contributed by atoms with E-state index in [1.165, 1.54) is 0 Å². The molecule has 4 rings (SSSR count). The van der Waals surface area contributed by atoms with Gasteiger partial charge in [0.25, 0.3) is 11.7 Å². The Balaban J connectivity index is 1.75.